The van der Waals surface area contributed by atoms with Crippen LogP contribution < -0.4 is 16.0 Å². The van der Waals surface area contributed by atoms with Gasteiger partial charge in [0.15, 0.2) is 0 Å². The number of benzene rings is 2. The van der Waals surface area contributed by atoms with Crippen LogP contribution in [-0.4, -0.2) is 62.0 Å². The summed E-state index contributed by atoms with van der Waals surface area (Å²) in [5.74, 6) is -2.49. The van der Waals surface area contributed by atoms with Crippen LogP contribution in [0.3, 0.4) is 0 Å². The third-order valence-corrected chi connectivity index (χ3v) is 5.41. The number of anilines is 2. The highest BCUT2D eigenvalue weighted by Gasteiger charge is 2.15. The largest absolute Gasteiger partial charge is 0.379 e. The molecule has 0 saturated carbocycles. The van der Waals surface area contributed by atoms with Crippen molar-refractivity contribution in [1.82, 2.24) is 10.2 Å². The van der Waals surface area contributed by atoms with Gasteiger partial charge in [-0.2, -0.15) is 0 Å². The van der Waals surface area contributed by atoms with E-state index in [-0.39, 0.29) is 41.6 Å². The summed E-state index contributed by atoms with van der Waals surface area (Å²) in [5.41, 5.74) is 0.350. The van der Waals surface area contributed by atoms with Crippen molar-refractivity contribution in [2.45, 2.75) is 12.8 Å². The minimum atomic E-state index is -0.624. The summed E-state index contributed by atoms with van der Waals surface area (Å²) >= 11 is 5.85. The molecular weight excluding hydrogens is 470 g/mol. The molecule has 0 bridgehead atoms. The molecule has 3 rings (SSSR count). The van der Waals surface area contributed by atoms with Gasteiger partial charge in [-0.25, -0.2) is 8.78 Å². The molecule has 182 valence electrons. The van der Waals surface area contributed by atoms with Gasteiger partial charge >= 0.3 is 0 Å². The van der Waals surface area contributed by atoms with E-state index in [4.69, 9.17) is 16.3 Å². The Bertz CT molecular complexity index is 1050. The van der Waals surface area contributed by atoms with Gasteiger partial charge in [-0.3, -0.25) is 19.3 Å². The second-order valence-corrected chi connectivity index (χ2v) is 8.03. The van der Waals surface area contributed by atoms with Gasteiger partial charge in [0, 0.05) is 44.7 Å². The van der Waals surface area contributed by atoms with Gasteiger partial charge in [0.05, 0.1) is 29.5 Å². The van der Waals surface area contributed by atoms with E-state index in [1.807, 2.05) is 0 Å². The maximum absolute atomic E-state index is 14.1. The smallest absolute Gasteiger partial charge is 0.252 e. The lowest BCUT2D eigenvalue weighted by atomic mass is 10.2. The number of morpholine rings is 1. The molecule has 1 aliphatic rings. The van der Waals surface area contributed by atoms with Gasteiger partial charge in [0.25, 0.3) is 5.91 Å². The molecule has 0 radical (unpaired) electrons. The molecule has 0 aliphatic carbocycles. The molecule has 1 fully saturated rings. The summed E-state index contributed by atoms with van der Waals surface area (Å²) in [6, 6.07) is 7.23. The van der Waals surface area contributed by atoms with E-state index in [9.17, 15) is 23.2 Å². The van der Waals surface area contributed by atoms with Crippen LogP contribution in [0.25, 0.3) is 0 Å². The van der Waals surface area contributed by atoms with Crippen molar-refractivity contribution in [2.75, 3.05) is 50.0 Å². The van der Waals surface area contributed by atoms with E-state index in [0.717, 1.165) is 31.3 Å². The molecule has 0 unspecified atom stereocenters. The molecule has 1 heterocycles. The Hall–Kier alpha value is -3.08. The van der Waals surface area contributed by atoms with Crippen LogP contribution in [0.5, 0.6) is 0 Å². The molecule has 1 saturated heterocycles. The molecule has 34 heavy (non-hydrogen) atoms. The van der Waals surface area contributed by atoms with E-state index >= 15 is 0 Å². The molecule has 2 aromatic rings. The summed E-state index contributed by atoms with van der Waals surface area (Å²) in [6.45, 7) is 3.30. The molecular formula is C23H25ClF2N4O4. The van der Waals surface area contributed by atoms with E-state index in [0.29, 0.717) is 25.4 Å². The summed E-state index contributed by atoms with van der Waals surface area (Å²) in [7, 11) is 0. The lowest BCUT2D eigenvalue weighted by molar-refractivity contribution is -0.117. The first-order valence-electron chi connectivity index (χ1n) is 10.7. The second-order valence-electron chi connectivity index (χ2n) is 7.63. The van der Waals surface area contributed by atoms with Crippen molar-refractivity contribution in [3.8, 4) is 0 Å². The fourth-order valence-corrected chi connectivity index (χ4v) is 3.53. The van der Waals surface area contributed by atoms with E-state index in [1.165, 1.54) is 18.2 Å². The van der Waals surface area contributed by atoms with Crippen LogP contribution in [0.2, 0.25) is 5.02 Å². The number of hydrogen-bond acceptors (Lipinski definition) is 5. The van der Waals surface area contributed by atoms with E-state index in [2.05, 4.69) is 20.9 Å². The standard InChI is InChI=1S/C23H25ClF2N4O4/c24-18-13-15(25)1-3-17(18)23(33)27-7-5-21(31)28-16-2-4-19(26)20(14-16)29-22(32)6-8-30-9-11-34-12-10-30/h1-4,13-14H,5-12H2,(H,27,33)(H,28,31)(H,29,32). The number of halogens is 3. The molecule has 11 heteroatoms. The van der Waals surface area contributed by atoms with Crippen LogP contribution in [0.4, 0.5) is 20.2 Å². The normalized spacial score (nSPS) is 13.9. The minimum absolute atomic E-state index is 0.00466. The van der Waals surface area contributed by atoms with Crippen LogP contribution in [0.15, 0.2) is 36.4 Å². The van der Waals surface area contributed by atoms with Crippen LogP contribution >= 0.6 is 11.6 Å². The quantitative estimate of drug-likeness (QED) is 0.497. The minimum Gasteiger partial charge on any atom is -0.379 e. The third kappa shape index (κ3) is 7.75. The molecule has 0 aromatic heterocycles. The van der Waals surface area contributed by atoms with Crippen molar-refractivity contribution in [3.63, 3.8) is 0 Å². The predicted molar refractivity (Wildman–Crippen MR) is 124 cm³/mol. The van der Waals surface area contributed by atoms with Gasteiger partial charge in [-0.05, 0) is 36.4 Å². The number of ether oxygens (including phenoxy) is 1. The number of carbonyl (C=O) groups excluding carboxylic acids is 3. The lowest BCUT2D eigenvalue weighted by Crippen LogP contribution is -2.38. The first-order chi connectivity index (χ1) is 16.3. The number of rotatable bonds is 9. The monoisotopic (exact) mass is 494 g/mol. The average molecular weight is 495 g/mol. The Labute approximate surface area is 200 Å². The summed E-state index contributed by atoms with van der Waals surface area (Å²) in [4.78, 5) is 38.6. The fraction of sp³-hybridized carbons (Fsp3) is 0.348. The fourth-order valence-electron chi connectivity index (χ4n) is 3.28. The Balaban J connectivity index is 1.45. The number of carbonyl (C=O) groups is 3. The van der Waals surface area contributed by atoms with Gasteiger partial charge in [-0.1, -0.05) is 11.6 Å². The topological polar surface area (TPSA) is 99.8 Å². The third-order valence-electron chi connectivity index (χ3n) is 5.10. The zero-order chi connectivity index (χ0) is 24.5. The first-order valence-corrected chi connectivity index (χ1v) is 11.1. The van der Waals surface area contributed by atoms with Gasteiger partial charge in [0.2, 0.25) is 11.8 Å². The van der Waals surface area contributed by atoms with E-state index < -0.39 is 23.4 Å². The maximum Gasteiger partial charge on any atom is 0.252 e. The highest BCUT2D eigenvalue weighted by Crippen LogP contribution is 2.20. The first kappa shape index (κ1) is 25.5. The van der Waals surface area contributed by atoms with E-state index in [1.54, 1.807) is 0 Å². The molecule has 1 aliphatic heterocycles. The molecule has 2 aromatic carbocycles. The number of amides is 3. The van der Waals surface area contributed by atoms with Gasteiger partial charge in [0.1, 0.15) is 11.6 Å². The molecule has 8 nitrogen and oxygen atoms in total. The Kier molecular flexibility index (Phi) is 9.32. The SMILES string of the molecule is O=C(CCNC(=O)c1ccc(F)cc1Cl)Nc1ccc(F)c(NC(=O)CCN2CCOCC2)c1. The Morgan fingerprint density at radius 3 is 2.44 bits per heavy atom. The average Bonchev–Trinajstić information content (AvgIpc) is 2.80. The molecule has 0 spiro atoms. The second kappa shape index (κ2) is 12.4. The zero-order valence-electron chi connectivity index (χ0n) is 18.3. The van der Waals surface area contributed by atoms with Gasteiger partial charge < -0.3 is 20.7 Å². The number of nitrogens with one attached hydrogen (secondary N) is 3. The number of nitrogens with zero attached hydrogens (tertiary/aromatic N) is 1. The van der Waals surface area contributed by atoms with Crippen LogP contribution in [0.1, 0.15) is 23.2 Å². The molecule has 3 N–H and O–H groups in total. The Morgan fingerprint density at radius 1 is 0.971 bits per heavy atom. The predicted octanol–water partition coefficient (Wildman–Crippen LogP) is 3.04. The highest BCUT2D eigenvalue weighted by atomic mass is 35.5. The summed E-state index contributed by atoms with van der Waals surface area (Å²) in [5, 5.41) is 7.62. The van der Waals surface area contributed by atoms with Crippen molar-refractivity contribution in [2.24, 2.45) is 0 Å². The number of hydrogen-bond donors (Lipinski definition) is 3. The molecule has 3 amide bonds. The summed E-state index contributed by atoms with van der Waals surface area (Å²) in [6.07, 6.45) is 0.136. The van der Waals surface area contributed by atoms with Crippen molar-refractivity contribution in [1.29, 1.82) is 0 Å². The molecule has 0 atom stereocenters. The summed E-state index contributed by atoms with van der Waals surface area (Å²) < 4.78 is 32.5. The maximum atomic E-state index is 14.1. The van der Waals surface area contributed by atoms with Crippen molar-refractivity contribution >= 4 is 40.7 Å². The Morgan fingerprint density at radius 2 is 1.71 bits per heavy atom. The van der Waals surface area contributed by atoms with Crippen LogP contribution in [0, 0.1) is 11.6 Å². The van der Waals surface area contributed by atoms with Crippen molar-refractivity contribution in [3.05, 3.63) is 58.6 Å². The lowest BCUT2D eigenvalue weighted by Gasteiger charge is -2.26. The van der Waals surface area contributed by atoms with Gasteiger partial charge in [-0.15, -0.1) is 0 Å². The van der Waals surface area contributed by atoms with Crippen LogP contribution in [-0.2, 0) is 14.3 Å². The zero-order valence-corrected chi connectivity index (χ0v) is 19.1. The van der Waals surface area contributed by atoms with Crippen molar-refractivity contribution < 1.29 is 27.9 Å². The highest BCUT2D eigenvalue weighted by molar-refractivity contribution is 6.33.